The number of anilines is 1. The summed E-state index contributed by atoms with van der Waals surface area (Å²) in [6.45, 7) is 0. The van der Waals surface area contributed by atoms with E-state index >= 15 is 0 Å². The van der Waals surface area contributed by atoms with Gasteiger partial charge in [0, 0.05) is 24.1 Å². The van der Waals surface area contributed by atoms with Gasteiger partial charge >= 0.3 is 0 Å². The number of nitrogens with two attached hydrogens (primary N) is 1. The van der Waals surface area contributed by atoms with E-state index in [0.29, 0.717) is 24.2 Å². The summed E-state index contributed by atoms with van der Waals surface area (Å²) >= 11 is 0. The Labute approximate surface area is 215 Å². The van der Waals surface area contributed by atoms with E-state index in [1.54, 1.807) is 18.2 Å². The molecular weight excluding hydrogens is 502 g/mol. The van der Waals surface area contributed by atoms with Gasteiger partial charge in [-0.25, -0.2) is 17.2 Å². The standard InChI is InChI=1S/C27H30F2N2O5S/c1-34-24-14-13-18(16-26(24)36-3)37(32,33)31(23-11-6-10-22(23)30)27-17(7-4-12-25(27)35-2)15-19-20(28)8-5-9-21(19)29/h4-5,7-9,12-14,16,22-23H,6,10-11,15,30H2,1-3H3. The second-order valence-electron chi connectivity index (χ2n) is 8.82. The number of sulfonamides is 1. The Morgan fingerprint density at radius 2 is 1.54 bits per heavy atom. The normalized spacial score (nSPS) is 17.5. The molecule has 1 fully saturated rings. The van der Waals surface area contributed by atoms with E-state index in [4.69, 9.17) is 19.9 Å². The molecule has 1 saturated carbocycles. The highest BCUT2D eigenvalue weighted by Gasteiger charge is 2.40. The second-order valence-corrected chi connectivity index (χ2v) is 10.6. The van der Waals surface area contributed by atoms with E-state index in [-0.39, 0.29) is 34.1 Å². The van der Waals surface area contributed by atoms with Crippen molar-refractivity contribution in [2.24, 2.45) is 5.73 Å². The molecule has 37 heavy (non-hydrogen) atoms. The average Bonchev–Trinajstić information content (AvgIpc) is 3.31. The van der Waals surface area contributed by atoms with E-state index in [1.807, 2.05) is 0 Å². The van der Waals surface area contributed by atoms with Gasteiger partial charge in [-0.05, 0) is 55.2 Å². The molecule has 3 aromatic carbocycles. The first-order valence-electron chi connectivity index (χ1n) is 11.8. The average molecular weight is 533 g/mol. The Hall–Kier alpha value is -3.37. The van der Waals surface area contributed by atoms with Crippen molar-refractivity contribution in [1.29, 1.82) is 0 Å². The first kappa shape index (κ1) is 26.7. The molecule has 0 spiro atoms. The fraction of sp³-hybridized carbons (Fsp3) is 0.333. The van der Waals surface area contributed by atoms with E-state index < -0.39 is 33.7 Å². The Morgan fingerprint density at radius 3 is 2.14 bits per heavy atom. The molecule has 2 atom stereocenters. The minimum Gasteiger partial charge on any atom is -0.495 e. The number of methoxy groups -OCH3 is 3. The zero-order valence-electron chi connectivity index (χ0n) is 20.9. The number of nitrogens with zero attached hydrogens (tertiary/aromatic N) is 1. The smallest absolute Gasteiger partial charge is 0.264 e. The van der Waals surface area contributed by atoms with Crippen LogP contribution < -0.4 is 24.2 Å². The predicted octanol–water partition coefficient (Wildman–Crippen LogP) is 4.66. The van der Waals surface area contributed by atoms with E-state index in [0.717, 1.165) is 6.42 Å². The van der Waals surface area contributed by atoms with Gasteiger partial charge in [0.15, 0.2) is 11.5 Å². The molecule has 7 nitrogen and oxygen atoms in total. The first-order chi connectivity index (χ1) is 17.7. The SMILES string of the molecule is COc1ccc(S(=O)(=O)N(c2c(Cc3c(F)cccc3F)cccc2OC)C2CCCC2N)cc1OC. The maximum absolute atomic E-state index is 14.6. The molecule has 3 aromatic rings. The summed E-state index contributed by atoms with van der Waals surface area (Å²) in [6, 6.07) is 11.8. The summed E-state index contributed by atoms with van der Waals surface area (Å²) in [6.07, 6.45) is 1.69. The fourth-order valence-electron chi connectivity index (χ4n) is 4.83. The number of para-hydroxylation sites is 1. The molecule has 0 bridgehead atoms. The van der Waals surface area contributed by atoms with Crippen LogP contribution in [0, 0.1) is 11.6 Å². The minimum absolute atomic E-state index is 0.0434. The zero-order valence-corrected chi connectivity index (χ0v) is 21.7. The molecule has 0 aromatic heterocycles. The summed E-state index contributed by atoms with van der Waals surface area (Å²) in [5, 5.41) is 0. The summed E-state index contributed by atoms with van der Waals surface area (Å²) in [7, 11) is 0.0474. The van der Waals surface area contributed by atoms with Crippen LogP contribution in [0.2, 0.25) is 0 Å². The third-order valence-corrected chi connectivity index (χ3v) is 8.52. The maximum Gasteiger partial charge on any atom is 0.264 e. The van der Waals surface area contributed by atoms with Crippen LogP contribution in [0.5, 0.6) is 17.2 Å². The number of halogens is 2. The number of benzene rings is 3. The summed E-state index contributed by atoms with van der Waals surface area (Å²) in [5.74, 6) is -0.579. The van der Waals surface area contributed by atoms with Crippen molar-refractivity contribution in [2.75, 3.05) is 25.6 Å². The second kappa shape index (κ2) is 10.9. The highest BCUT2D eigenvalue weighted by Crippen LogP contribution is 2.42. The zero-order chi connectivity index (χ0) is 26.7. The van der Waals surface area contributed by atoms with Crippen LogP contribution in [-0.4, -0.2) is 41.8 Å². The highest BCUT2D eigenvalue weighted by atomic mass is 32.2. The maximum atomic E-state index is 14.6. The van der Waals surface area contributed by atoms with Gasteiger partial charge in [-0.3, -0.25) is 4.31 Å². The van der Waals surface area contributed by atoms with E-state index in [1.165, 1.54) is 62.0 Å². The molecule has 0 amide bonds. The van der Waals surface area contributed by atoms with E-state index in [2.05, 4.69) is 0 Å². The monoisotopic (exact) mass is 532 g/mol. The van der Waals surface area contributed by atoms with Gasteiger partial charge in [0.1, 0.15) is 17.4 Å². The lowest BCUT2D eigenvalue weighted by Gasteiger charge is -2.35. The summed E-state index contributed by atoms with van der Waals surface area (Å²) in [4.78, 5) is -0.0434. The summed E-state index contributed by atoms with van der Waals surface area (Å²) in [5.41, 5.74) is 6.83. The third-order valence-electron chi connectivity index (χ3n) is 6.70. The van der Waals surface area contributed by atoms with Gasteiger partial charge in [-0.1, -0.05) is 18.2 Å². The van der Waals surface area contributed by atoms with Crippen LogP contribution in [-0.2, 0) is 16.4 Å². The van der Waals surface area contributed by atoms with Crippen LogP contribution in [0.25, 0.3) is 0 Å². The van der Waals surface area contributed by atoms with Crippen LogP contribution in [0.4, 0.5) is 14.5 Å². The van der Waals surface area contributed by atoms with Gasteiger partial charge in [-0.2, -0.15) is 0 Å². The number of hydrogen-bond donors (Lipinski definition) is 1. The molecule has 1 aliphatic rings. The van der Waals surface area contributed by atoms with Crippen molar-refractivity contribution < 1.29 is 31.4 Å². The number of hydrogen-bond acceptors (Lipinski definition) is 6. The molecule has 2 N–H and O–H groups in total. The van der Waals surface area contributed by atoms with Crippen molar-refractivity contribution >= 4 is 15.7 Å². The predicted molar refractivity (Wildman–Crippen MR) is 137 cm³/mol. The molecule has 10 heteroatoms. The Kier molecular flexibility index (Phi) is 7.89. The molecule has 0 radical (unpaired) electrons. The van der Waals surface area contributed by atoms with Crippen LogP contribution >= 0.6 is 0 Å². The van der Waals surface area contributed by atoms with Gasteiger partial charge < -0.3 is 19.9 Å². The molecular formula is C27H30F2N2O5S. The molecule has 0 heterocycles. The third kappa shape index (κ3) is 5.08. The molecule has 0 aliphatic heterocycles. The van der Waals surface area contributed by atoms with Crippen molar-refractivity contribution in [1.82, 2.24) is 0 Å². The largest absolute Gasteiger partial charge is 0.495 e. The summed E-state index contributed by atoms with van der Waals surface area (Å²) < 4.78 is 75.3. The lowest BCUT2D eigenvalue weighted by atomic mass is 10.0. The number of rotatable bonds is 9. The van der Waals surface area contributed by atoms with Crippen LogP contribution in [0.15, 0.2) is 59.5 Å². The molecule has 198 valence electrons. The lowest BCUT2D eigenvalue weighted by Crippen LogP contribution is -2.48. The van der Waals surface area contributed by atoms with E-state index in [9.17, 15) is 17.2 Å². The van der Waals surface area contributed by atoms with Gasteiger partial charge in [0.2, 0.25) is 0 Å². The molecule has 0 saturated heterocycles. The van der Waals surface area contributed by atoms with Gasteiger partial charge in [-0.15, -0.1) is 0 Å². The van der Waals surface area contributed by atoms with Gasteiger partial charge in [0.25, 0.3) is 10.0 Å². The topological polar surface area (TPSA) is 91.1 Å². The quantitative estimate of drug-likeness (QED) is 0.431. The fourth-order valence-corrected chi connectivity index (χ4v) is 6.62. The minimum atomic E-state index is -4.25. The van der Waals surface area contributed by atoms with Crippen molar-refractivity contribution in [3.63, 3.8) is 0 Å². The van der Waals surface area contributed by atoms with Crippen molar-refractivity contribution in [3.8, 4) is 17.2 Å². The van der Waals surface area contributed by atoms with Crippen LogP contribution in [0.3, 0.4) is 0 Å². The Balaban J connectivity index is 1.95. The lowest BCUT2D eigenvalue weighted by molar-refractivity contribution is 0.354. The number of ether oxygens (including phenoxy) is 3. The van der Waals surface area contributed by atoms with Gasteiger partial charge in [0.05, 0.1) is 38.0 Å². The Bertz CT molecular complexity index is 1360. The molecule has 1 aliphatic carbocycles. The van der Waals surface area contributed by atoms with Crippen molar-refractivity contribution in [3.05, 3.63) is 77.4 Å². The highest BCUT2D eigenvalue weighted by molar-refractivity contribution is 7.92. The van der Waals surface area contributed by atoms with Crippen molar-refractivity contribution in [2.45, 2.75) is 42.7 Å². The first-order valence-corrected chi connectivity index (χ1v) is 13.3. The molecule has 4 rings (SSSR count). The van der Waals surface area contributed by atoms with Crippen LogP contribution in [0.1, 0.15) is 30.4 Å². The molecule has 2 unspecified atom stereocenters. The Morgan fingerprint density at radius 1 is 0.892 bits per heavy atom.